The number of aryl methyl sites for hydroxylation is 1. The number of para-hydroxylation sites is 2. The minimum atomic E-state index is -2.86. The second kappa shape index (κ2) is 7.02. The maximum atomic E-state index is 13.0. The van der Waals surface area contributed by atoms with Gasteiger partial charge in [0.05, 0.1) is 23.3 Å². The monoisotopic (exact) mass is 388 g/mol. The van der Waals surface area contributed by atoms with Gasteiger partial charge in [-0.25, -0.2) is 13.8 Å². The third-order valence-corrected chi connectivity index (χ3v) is 4.51. The van der Waals surface area contributed by atoms with Gasteiger partial charge in [0.15, 0.2) is 5.69 Å². The van der Waals surface area contributed by atoms with Crippen LogP contribution in [-0.2, 0) is 23.2 Å². The van der Waals surface area contributed by atoms with E-state index in [9.17, 15) is 18.4 Å². The standard InChI is InChI=1S/C18H18F2N6O2/c1-25-9-12(15(24-25)16(19)20)23-18(28)17(27)21-8-14-22-11-4-2-3-5-13(11)26(14)10-6-7-10/h2-5,9-10,16H,6-8H2,1H3,(H,21,27)(H,23,28). The van der Waals surface area contributed by atoms with E-state index in [2.05, 4.69) is 25.3 Å². The zero-order valence-electron chi connectivity index (χ0n) is 15.0. The number of nitrogens with zero attached hydrogens (tertiary/aromatic N) is 4. The van der Waals surface area contributed by atoms with E-state index in [0.29, 0.717) is 11.9 Å². The number of carbonyl (C=O) groups is 2. The van der Waals surface area contributed by atoms with E-state index in [-0.39, 0.29) is 12.2 Å². The molecule has 1 aliphatic carbocycles. The largest absolute Gasteiger partial charge is 0.341 e. The van der Waals surface area contributed by atoms with Gasteiger partial charge in [-0.05, 0) is 25.0 Å². The topological polar surface area (TPSA) is 93.8 Å². The molecule has 0 bridgehead atoms. The number of alkyl halides is 2. The molecule has 0 atom stereocenters. The van der Waals surface area contributed by atoms with Gasteiger partial charge >= 0.3 is 11.8 Å². The average Bonchev–Trinajstić information content (AvgIpc) is 3.33. The van der Waals surface area contributed by atoms with Crippen LogP contribution in [0.3, 0.4) is 0 Å². The van der Waals surface area contributed by atoms with Gasteiger partial charge in [-0.3, -0.25) is 14.3 Å². The summed E-state index contributed by atoms with van der Waals surface area (Å²) in [7, 11) is 1.45. The molecule has 146 valence electrons. The van der Waals surface area contributed by atoms with E-state index in [1.807, 2.05) is 24.3 Å². The highest BCUT2D eigenvalue weighted by Crippen LogP contribution is 2.38. The van der Waals surface area contributed by atoms with E-state index in [1.165, 1.54) is 13.2 Å². The van der Waals surface area contributed by atoms with Gasteiger partial charge in [-0.2, -0.15) is 5.10 Å². The molecule has 8 nitrogen and oxygen atoms in total. The molecule has 4 rings (SSSR count). The minimum absolute atomic E-state index is 0.0617. The third-order valence-electron chi connectivity index (χ3n) is 4.51. The Kier molecular flexibility index (Phi) is 4.54. The van der Waals surface area contributed by atoms with Crippen LogP contribution < -0.4 is 10.6 Å². The smallest absolute Gasteiger partial charge is 0.313 e. The molecular weight excluding hydrogens is 370 g/mol. The van der Waals surface area contributed by atoms with Gasteiger partial charge in [0.1, 0.15) is 5.82 Å². The number of benzene rings is 1. The van der Waals surface area contributed by atoms with Crippen LogP contribution in [0.2, 0.25) is 0 Å². The lowest BCUT2D eigenvalue weighted by atomic mass is 10.3. The molecule has 0 unspecified atom stereocenters. The molecule has 0 radical (unpaired) electrons. The zero-order chi connectivity index (χ0) is 19.8. The lowest BCUT2D eigenvalue weighted by Gasteiger charge is -2.09. The van der Waals surface area contributed by atoms with Gasteiger partial charge in [0.2, 0.25) is 0 Å². The van der Waals surface area contributed by atoms with Crippen molar-refractivity contribution in [3.8, 4) is 0 Å². The van der Waals surface area contributed by atoms with Gasteiger partial charge in [0.25, 0.3) is 6.43 Å². The summed E-state index contributed by atoms with van der Waals surface area (Å²) >= 11 is 0. The molecule has 1 saturated carbocycles. The SMILES string of the molecule is Cn1cc(NC(=O)C(=O)NCc2nc3ccccc3n2C2CC2)c(C(F)F)n1. The fourth-order valence-corrected chi connectivity index (χ4v) is 3.14. The Hall–Kier alpha value is -3.30. The molecule has 1 aromatic carbocycles. The maximum absolute atomic E-state index is 13.0. The lowest BCUT2D eigenvalue weighted by Crippen LogP contribution is -2.35. The summed E-state index contributed by atoms with van der Waals surface area (Å²) in [4.78, 5) is 28.8. The molecule has 2 amide bonds. The maximum Gasteiger partial charge on any atom is 0.313 e. The summed E-state index contributed by atoms with van der Waals surface area (Å²) in [6.45, 7) is 0.0617. The van der Waals surface area contributed by atoms with Crippen molar-refractivity contribution in [2.24, 2.45) is 7.05 Å². The summed E-state index contributed by atoms with van der Waals surface area (Å²) in [5.41, 5.74) is 1.03. The highest BCUT2D eigenvalue weighted by Gasteiger charge is 2.28. The fraction of sp³-hybridized carbons (Fsp3) is 0.333. The van der Waals surface area contributed by atoms with Crippen molar-refractivity contribution in [2.75, 3.05) is 5.32 Å². The molecule has 0 saturated heterocycles. The average molecular weight is 388 g/mol. The predicted molar refractivity (Wildman–Crippen MR) is 96.6 cm³/mol. The van der Waals surface area contributed by atoms with E-state index in [4.69, 9.17) is 0 Å². The fourth-order valence-electron chi connectivity index (χ4n) is 3.14. The minimum Gasteiger partial charge on any atom is -0.341 e. The Bertz CT molecular complexity index is 1050. The Morgan fingerprint density at radius 3 is 2.71 bits per heavy atom. The van der Waals surface area contributed by atoms with E-state index in [0.717, 1.165) is 28.6 Å². The molecular formula is C18H18F2N6O2. The second-order valence-corrected chi connectivity index (χ2v) is 6.66. The van der Waals surface area contributed by atoms with Crippen LogP contribution in [0.5, 0.6) is 0 Å². The summed E-state index contributed by atoms with van der Waals surface area (Å²) in [6, 6.07) is 8.01. The van der Waals surface area contributed by atoms with Crippen LogP contribution in [0.25, 0.3) is 11.0 Å². The second-order valence-electron chi connectivity index (χ2n) is 6.66. The van der Waals surface area contributed by atoms with Gasteiger partial charge < -0.3 is 15.2 Å². The van der Waals surface area contributed by atoms with Crippen LogP contribution in [0, 0.1) is 0 Å². The van der Waals surface area contributed by atoms with Gasteiger partial charge in [0, 0.05) is 19.3 Å². The van der Waals surface area contributed by atoms with Crippen molar-refractivity contribution in [3.05, 3.63) is 42.0 Å². The summed E-state index contributed by atoms with van der Waals surface area (Å²) in [6.07, 6.45) is 0.440. The summed E-state index contributed by atoms with van der Waals surface area (Å²) < 4.78 is 29.1. The molecule has 10 heteroatoms. The molecule has 0 aliphatic heterocycles. The summed E-state index contributed by atoms with van der Waals surface area (Å²) in [5.74, 6) is -1.32. The van der Waals surface area contributed by atoms with Crippen molar-refractivity contribution in [2.45, 2.75) is 31.9 Å². The molecule has 2 N–H and O–H groups in total. The van der Waals surface area contributed by atoms with Crippen molar-refractivity contribution in [1.82, 2.24) is 24.6 Å². The lowest BCUT2D eigenvalue weighted by molar-refractivity contribution is -0.136. The van der Waals surface area contributed by atoms with Crippen molar-refractivity contribution >= 4 is 28.5 Å². The van der Waals surface area contributed by atoms with Crippen LogP contribution in [0.4, 0.5) is 14.5 Å². The first kappa shape index (κ1) is 18.1. The van der Waals surface area contributed by atoms with Crippen molar-refractivity contribution < 1.29 is 18.4 Å². The van der Waals surface area contributed by atoms with Gasteiger partial charge in [-0.15, -0.1) is 0 Å². The molecule has 0 spiro atoms. The molecule has 2 heterocycles. The predicted octanol–water partition coefficient (Wildman–Crippen LogP) is 2.30. The first-order chi connectivity index (χ1) is 13.4. The molecule has 1 aliphatic rings. The number of fused-ring (bicyclic) bond motifs is 1. The van der Waals surface area contributed by atoms with Crippen LogP contribution in [-0.4, -0.2) is 31.1 Å². The number of nitrogens with one attached hydrogen (secondary N) is 2. The third kappa shape index (κ3) is 3.45. The van der Waals surface area contributed by atoms with Crippen LogP contribution >= 0.6 is 0 Å². The van der Waals surface area contributed by atoms with E-state index >= 15 is 0 Å². The highest BCUT2D eigenvalue weighted by atomic mass is 19.3. The van der Waals surface area contributed by atoms with Gasteiger partial charge in [-0.1, -0.05) is 12.1 Å². The Balaban J connectivity index is 1.46. The Morgan fingerprint density at radius 1 is 1.25 bits per heavy atom. The number of hydrogen-bond donors (Lipinski definition) is 2. The molecule has 1 fully saturated rings. The number of imidazole rings is 1. The normalized spacial score (nSPS) is 13.9. The first-order valence-corrected chi connectivity index (χ1v) is 8.80. The molecule has 2 aromatic heterocycles. The first-order valence-electron chi connectivity index (χ1n) is 8.80. The Labute approximate surface area is 158 Å². The molecule has 3 aromatic rings. The zero-order valence-corrected chi connectivity index (χ0v) is 15.0. The Morgan fingerprint density at radius 2 is 2.00 bits per heavy atom. The van der Waals surface area contributed by atoms with Crippen LogP contribution in [0.1, 0.15) is 36.8 Å². The number of carbonyl (C=O) groups excluding carboxylic acids is 2. The van der Waals surface area contributed by atoms with E-state index < -0.39 is 23.9 Å². The van der Waals surface area contributed by atoms with Crippen LogP contribution in [0.15, 0.2) is 30.5 Å². The highest BCUT2D eigenvalue weighted by molar-refractivity contribution is 6.39. The quantitative estimate of drug-likeness (QED) is 0.656. The number of rotatable bonds is 5. The number of halogens is 2. The number of hydrogen-bond acceptors (Lipinski definition) is 4. The summed E-state index contributed by atoms with van der Waals surface area (Å²) in [5, 5.41) is 8.28. The number of aromatic nitrogens is 4. The van der Waals surface area contributed by atoms with Crippen molar-refractivity contribution in [3.63, 3.8) is 0 Å². The molecule has 28 heavy (non-hydrogen) atoms. The number of anilines is 1. The number of amides is 2. The van der Waals surface area contributed by atoms with E-state index in [1.54, 1.807) is 0 Å². The van der Waals surface area contributed by atoms with Crippen molar-refractivity contribution in [1.29, 1.82) is 0 Å².